The molecule has 5 nitrogen and oxygen atoms in total. The standard InChI is InChI=1S/C22H19ClN2O3/c1-14(21(27)17-9-8-15-5-4-6-16(15)13-17)28-20(26)11-10-18-22(23)24-19-7-2-3-12-25(18)19/h2-3,7-14H,4-6H2,1H3/b11-10+/t14-/m1/s1. The predicted octanol–water partition coefficient (Wildman–Crippen LogP) is 4.30. The molecule has 1 aromatic carbocycles. The molecule has 3 aromatic rings. The summed E-state index contributed by atoms with van der Waals surface area (Å²) < 4.78 is 7.06. The zero-order valence-electron chi connectivity index (χ0n) is 15.4. The molecule has 1 atom stereocenters. The van der Waals surface area contributed by atoms with E-state index in [4.69, 9.17) is 16.3 Å². The van der Waals surface area contributed by atoms with E-state index in [-0.39, 0.29) is 10.9 Å². The lowest BCUT2D eigenvalue weighted by molar-refractivity contribution is -0.140. The van der Waals surface area contributed by atoms with Crippen molar-refractivity contribution in [2.75, 3.05) is 0 Å². The first-order chi connectivity index (χ1) is 13.5. The summed E-state index contributed by atoms with van der Waals surface area (Å²) in [7, 11) is 0. The zero-order chi connectivity index (χ0) is 19.7. The molecule has 1 aliphatic carbocycles. The normalized spacial score (nSPS) is 14.4. The molecular formula is C22H19ClN2O3. The summed E-state index contributed by atoms with van der Waals surface area (Å²) >= 11 is 6.14. The monoisotopic (exact) mass is 394 g/mol. The first kappa shape index (κ1) is 18.4. The van der Waals surface area contributed by atoms with Crippen molar-refractivity contribution in [3.8, 4) is 0 Å². The molecule has 0 aliphatic heterocycles. The Bertz CT molecular complexity index is 1100. The van der Waals surface area contributed by atoms with Gasteiger partial charge in [0.1, 0.15) is 5.65 Å². The molecule has 4 rings (SSSR count). The lowest BCUT2D eigenvalue weighted by atomic mass is 10.0. The van der Waals surface area contributed by atoms with Gasteiger partial charge in [-0.15, -0.1) is 0 Å². The topological polar surface area (TPSA) is 60.7 Å². The number of hydrogen-bond acceptors (Lipinski definition) is 4. The number of aromatic nitrogens is 2. The van der Waals surface area contributed by atoms with Crippen LogP contribution in [-0.4, -0.2) is 27.2 Å². The fourth-order valence-corrected chi connectivity index (χ4v) is 3.75. The molecule has 0 bridgehead atoms. The van der Waals surface area contributed by atoms with Gasteiger partial charge in [-0.2, -0.15) is 0 Å². The van der Waals surface area contributed by atoms with E-state index < -0.39 is 12.1 Å². The number of carbonyl (C=O) groups excluding carboxylic acids is 2. The number of esters is 1. The third-order valence-electron chi connectivity index (χ3n) is 4.94. The second-order valence-corrected chi connectivity index (χ2v) is 7.19. The third kappa shape index (κ3) is 3.58. The molecule has 6 heteroatoms. The van der Waals surface area contributed by atoms with Gasteiger partial charge in [0.15, 0.2) is 11.3 Å². The van der Waals surface area contributed by atoms with E-state index in [1.54, 1.807) is 17.5 Å². The van der Waals surface area contributed by atoms with Crippen LogP contribution in [-0.2, 0) is 22.4 Å². The Morgan fingerprint density at radius 2 is 2.04 bits per heavy atom. The number of Topliss-reactive ketones (excluding diaryl/α,β-unsaturated/α-hetero) is 1. The van der Waals surface area contributed by atoms with Gasteiger partial charge in [-0.05, 0) is 61.6 Å². The fraction of sp³-hybridized carbons (Fsp3) is 0.227. The minimum Gasteiger partial charge on any atom is -0.451 e. The van der Waals surface area contributed by atoms with E-state index in [9.17, 15) is 9.59 Å². The van der Waals surface area contributed by atoms with Crippen molar-refractivity contribution in [1.29, 1.82) is 0 Å². The molecule has 0 saturated heterocycles. The number of ketones is 1. The van der Waals surface area contributed by atoms with Crippen molar-refractivity contribution >= 4 is 35.1 Å². The summed E-state index contributed by atoms with van der Waals surface area (Å²) in [5.41, 5.74) is 4.35. The van der Waals surface area contributed by atoms with Crippen LogP contribution in [0.2, 0.25) is 5.15 Å². The highest BCUT2D eigenvalue weighted by Crippen LogP contribution is 2.24. The van der Waals surface area contributed by atoms with Crippen molar-refractivity contribution in [2.45, 2.75) is 32.3 Å². The smallest absolute Gasteiger partial charge is 0.331 e. The maximum absolute atomic E-state index is 12.6. The molecule has 0 radical (unpaired) electrons. The Balaban J connectivity index is 1.45. The van der Waals surface area contributed by atoms with Crippen molar-refractivity contribution in [1.82, 2.24) is 9.38 Å². The first-order valence-electron chi connectivity index (χ1n) is 9.20. The highest BCUT2D eigenvalue weighted by Gasteiger charge is 2.21. The van der Waals surface area contributed by atoms with Crippen molar-refractivity contribution in [3.63, 3.8) is 0 Å². The quantitative estimate of drug-likeness (QED) is 0.367. The molecule has 0 spiro atoms. The fourth-order valence-electron chi connectivity index (χ4n) is 3.51. The first-order valence-corrected chi connectivity index (χ1v) is 9.58. The Labute approximate surface area is 167 Å². The second kappa shape index (κ2) is 7.60. The van der Waals surface area contributed by atoms with Crippen LogP contribution in [0, 0.1) is 0 Å². The average Bonchev–Trinajstić information content (AvgIpc) is 3.28. The summed E-state index contributed by atoms with van der Waals surface area (Å²) in [4.78, 5) is 29.0. The number of nitrogens with zero attached hydrogens (tertiary/aromatic N) is 2. The lowest BCUT2D eigenvalue weighted by Gasteiger charge is -2.12. The maximum atomic E-state index is 12.6. The lowest BCUT2D eigenvalue weighted by Crippen LogP contribution is -2.23. The van der Waals surface area contributed by atoms with Gasteiger partial charge >= 0.3 is 5.97 Å². The van der Waals surface area contributed by atoms with Crippen LogP contribution in [0.15, 0.2) is 48.7 Å². The summed E-state index contributed by atoms with van der Waals surface area (Å²) in [6, 6.07) is 11.2. The third-order valence-corrected chi connectivity index (χ3v) is 5.22. The number of imidazole rings is 1. The molecule has 1 aliphatic rings. The van der Waals surface area contributed by atoms with Crippen LogP contribution < -0.4 is 0 Å². The summed E-state index contributed by atoms with van der Waals surface area (Å²) in [6.45, 7) is 1.59. The van der Waals surface area contributed by atoms with Crippen LogP contribution in [0.3, 0.4) is 0 Å². The van der Waals surface area contributed by atoms with Crippen LogP contribution in [0.25, 0.3) is 11.7 Å². The van der Waals surface area contributed by atoms with Crippen LogP contribution in [0.1, 0.15) is 40.5 Å². The number of rotatable bonds is 5. The Hall–Kier alpha value is -2.92. The summed E-state index contributed by atoms with van der Waals surface area (Å²) in [5, 5.41) is 0.289. The molecule has 2 heterocycles. The molecule has 0 N–H and O–H groups in total. The van der Waals surface area contributed by atoms with Crippen LogP contribution >= 0.6 is 11.6 Å². The predicted molar refractivity (Wildman–Crippen MR) is 108 cm³/mol. The van der Waals surface area contributed by atoms with E-state index in [0.29, 0.717) is 16.9 Å². The Morgan fingerprint density at radius 3 is 2.89 bits per heavy atom. The van der Waals surface area contributed by atoms with Gasteiger partial charge in [0.25, 0.3) is 0 Å². The average molecular weight is 395 g/mol. The largest absolute Gasteiger partial charge is 0.451 e. The number of aryl methyl sites for hydroxylation is 2. The number of ether oxygens (including phenoxy) is 1. The Kier molecular flexibility index (Phi) is 5.01. The molecule has 142 valence electrons. The van der Waals surface area contributed by atoms with Gasteiger partial charge in [-0.1, -0.05) is 29.8 Å². The van der Waals surface area contributed by atoms with Gasteiger partial charge in [0.2, 0.25) is 5.78 Å². The molecule has 2 aromatic heterocycles. The van der Waals surface area contributed by atoms with E-state index in [1.807, 2.05) is 36.4 Å². The van der Waals surface area contributed by atoms with E-state index >= 15 is 0 Å². The number of halogens is 1. The SMILES string of the molecule is C[C@@H](OC(=O)/C=C/c1c(Cl)nc2ccccn12)C(=O)c1ccc2c(c1)CCC2. The van der Waals surface area contributed by atoms with Crippen LogP contribution in [0.5, 0.6) is 0 Å². The minimum absolute atomic E-state index is 0.204. The van der Waals surface area contributed by atoms with Gasteiger partial charge in [0, 0.05) is 17.8 Å². The van der Waals surface area contributed by atoms with Crippen LogP contribution in [0.4, 0.5) is 0 Å². The van der Waals surface area contributed by atoms with E-state index in [1.165, 1.54) is 23.3 Å². The number of hydrogen-bond donors (Lipinski definition) is 0. The van der Waals surface area contributed by atoms with Gasteiger partial charge in [-0.3, -0.25) is 9.20 Å². The molecule has 0 unspecified atom stereocenters. The molecule has 0 fully saturated rings. The zero-order valence-corrected chi connectivity index (χ0v) is 16.1. The molecular weight excluding hydrogens is 376 g/mol. The van der Waals surface area contributed by atoms with Crippen molar-refractivity contribution in [2.24, 2.45) is 0 Å². The highest BCUT2D eigenvalue weighted by molar-refractivity contribution is 6.31. The van der Waals surface area contributed by atoms with Crippen molar-refractivity contribution in [3.05, 3.63) is 76.2 Å². The Morgan fingerprint density at radius 1 is 1.21 bits per heavy atom. The summed E-state index contributed by atoms with van der Waals surface area (Å²) in [5.74, 6) is -0.812. The van der Waals surface area contributed by atoms with Gasteiger partial charge < -0.3 is 4.74 Å². The maximum Gasteiger partial charge on any atom is 0.331 e. The number of carbonyl (C=O) groups is 2. The van der Waals surface area contributed by atoms with Gasteiger partial charge in [-0.25, -0.2) is 9.78 Å². The molecule has 28 heavy (non-hydrogen) atoms. The number of fused-ring (bicyclic) bond motifs is 2. The van der Waals surface area contributed by atoms with Crippen molar-refractivity contribution < 1.29 is 14.3 Å². The minimum atomic E-state index is -0.866. The van der Waals surface area contributed by atoms with E-state index in [0.717, 1.165) is 19.3 Å². The number of benzene rings is 1. The van der Waals surface area contributed by atoms with E-state index in [2.05, 4.69) is 4.98 Å². The summed E-state index contributed by atoms with van der Waals surface area (Å²) in [6.07, 6.45) is 6.91. The molecule has 0 amide bonds. The second-order valence-electron chi connectivity index (χ2n) is 6.83. The molecule has 0 saturated carbocycles. The number of pyridine rings is 1. The highest BCUT2D eigenvalue weighted by atomic mass is 35.5. The van der Waals surface area contributed by atoms with Gasteiger partial charge in [0.05, 0.1) is 5.69 Å².